The summed E-state index contributed by atoms with van der Waals surface area (Å²) in [5.74, 6) is 0.575. The number of hydrogen-bond donors (Lipinski definition) is 4. The van der Waals surface area contributed by atoms with Crippen molar-refractivity contribution in [2.24, 2.45) is 0 Å². The van der Waals surface area contributed by atoms with Crippen LogP contribution in [0.1, 0.15) is 63.0 Å². The molecule has 0 heterocycles. The topological polar surface area (TPSA) is 126 Å². The molecule has 3 aromatic carbocycles. The summed E-state index contributed by atoms with van der Waals surface area (Å²) in [5, 5.41) is 16.9. The molecule has 46 heavy (non-hydrogen) atoms. The van der Waals surface area contributed by atoms with Gasteiger partial charge >= 0.3 is 0 Å². The minimum atomic E-state index is -3.58. The predicted molar refractivity (Wildman–Crippen MR) is 188 cm³/mol. The van der Waals surface area contributed by atoms with Gasteiger partial charge in [-0.05, 0) is 73.3 Å². The Balaban J connectivity index is 1.67. The number of hydrogen-bond acceptors (Lipinski definition) is 7. The summed E-state index contributed by atoms with van der Waals surface area (Å²) in [5.41, 5.74) is 3.88. The van der Waals surface area contributed by atoms with Crippen molar-refractivity contribution < 1.29 is 27.5 Å². The predicted octanol–water partition coefficient (Wildman–Crippen LogP) is 6.31. The number of aromatic hydroxyl groups is 1. The van der Waals surface area contributed by atoms with Gasteiger partial charge in [0.2, 0.25) is 15.9 Å². The van der Waals surface area contributed by atoms with Crippen molar-refractivity contribution in [1.29, 1.82) is 0 Å². The number of phenols is 1. The summed E-state index contributed by atoms with van der Waals surface area (Å²) < 4.78 is 38.7. The first-order chi connectivity index (χ1) is 21.5. The summed E-state index contributed by atoms with van der Waals surface area (Å²) in [6, 6.07) is 20.8. The molecule has 0 fully saturated rings. The molecule has 3 aromatic rings. The van der Waals surface area contributed by atoms with E-state index in [1.807, 2.05) is 43.3 Å². The molecular weight excluding hydrogens is 619 g/mol. The SMILES string of the molecule is CCOc1ccccc1CNC(=O)Cc1cccc(C[C@@H](C)NC[C@H](O[Si](C)(C)C(C)(C)C)c2ccc(O)c(NS(C)(=O)=O)c2)c1. The van der Waals surface area contributed by atoms with Crippen LogP contribution in [0.3, 0.4) is 0 Å². The van der Waals surface area contributed by atoms with Crippen LogP contribution in [0.4, 0.5) is 5.69 Å². The number of nitrogens with one attached hydrogen (secondary N) is 3. The van der Waals surface area contributed by atoms with Crippen molar-refractivity contribution in [2.75, 3.05) is 24.1 Å². The fraction of sp³-hybridized carbons (Fsp3) is 0.457. The van der Waals surface area contributed by atoms with E-state index in [2.05, 4.69) is 68.3 Å². The number of carbonyl (C=O) groups is 1. The zero-order chi connectivity index (χ0) is 34.1. The molecule has 0 saturated carbocycles. The Kier molecular flexibility index (Phi) is 12.9. The molecule has 0 aliphatic rings. The number of rotatable bonds is 16. The van der Waals surface area contributed by atoms with Crippen LogP contribution in [0.25, 0.3) is 0 Å². The number of ether oxygens (including phenoxy) is 1. The highest BCUT2D eigenvalue weighted by atomic mass is 32.2. The first-order valence-corrected chi connectivity index (χ1v) is 20.5. The van der Waals surface area contributed by atoms with E-state index < -0.39 is 18.3 Å². The van der Waals surface area contributed by atoms with E-state index in [1.54, 1.807) is 12.1 Å². The summed E-state index contributed by atoms with van der Waals surface area (Å²) >= 11 is 0. The number of phenolic OH excluding ortho intramolecular Hbond substituents is 1. The third-order valence-electron chi connectivity index (χ3n) is 8.23. The molecule has 0 aliphatic carbocycles. The minimum Gasteiger partial charge on any atom is -0.506 e. The second kappa shape index (κ2) is 15.9. The highest BCUT2D eigenvalue weighted by Crippen LogP contribution is 2.40. The number of sulfonamides is 1. The third-order valence-corrected chi connectivity index (χ3v) is 13.3. The van der Waals surface area contributed by atoms with Crippen molar-refractivity contribution in [3.05, 3.63) is 89.0 Å². The van der Waals surface area contributed by atoms with Crippen molar-refractivity contribution in [3.63, 3.8) is 0 Å². The Hall–Kier alpha value is -3.38. The lowest BCUT2D eigenvalue weighted by atomic mass is 10.0. The third kappa shape index (κ3) is 11.4. The molecular formula is C35H51N3O6SSi. The number of anilines is 1. The highest BCUT2D eigenvalue weighted by molar-refractivity contribution is 7.92. The number of amides is 1. The zero-order valence-corrected chi connectivity index (χ0v) is 30.3. The Morgan fingerprint density at radius 2 is 1.70 bits per heavy atom. The molecule has 0 radical (unpaired) electrons. The monoisotopic (exact) mass is 669 g/mol. The second-order valence-corrected chi connectivity index (χ2v) is 19.9. The van der Waals surface area contributed by atoms with Crippen LogP contribution in [0.5, 0.6) is 11.5 Å². The second-order valence-electron chi connectivity index (χ2n) is 13.3. The first kappa shape index (κ1) is 37.1. The van der Waals surface area contributed by atoms with Crippen LogP contribution in [-0.4, -0.2) is 53.2 Å². The Labute approximate surface area is 276 Å². The smallest absolute Gasteiger partial charge is 0.229 e. The highest BCUT2D eigenvalue weighted by Gasteiger charge is 2.39. The van der Waals surface area contributed by atoms with Crippen molar-refractivity contribution in [3.8, 4) is 11.5 Å². The maximum absolute atomic E-state index is 12.8. The summed E-state index contributed by atoms with van der Waals surface area (Å²) in [4.78, 5) is 12.8. The van der Waals surface area contributed by atoms with Crippen LogP contribution in [0.2, 0.25) is 18.1 Å². The Bertz CT molecular complexity index is 1570. The molecule has 0 bridgehead atoms. The molecule has 3 rings (SSSR count). The molecule has 0 aromatic heterocycles. The van der Waals surface area contributed by atoms with Gasteiger partial charge in [0, 0.05) is 24.7 Å². The first-order valence-electron chi connectivity index (χ1n) is 15.7. The standard InChI is InChI=1S/C35H51N3O6SSi/c1-9-43-32-16-11-10-15-29(32)23-37-34(40)21-27-14-12-13-26(20-27)19-25(2)36-24-33(44-46(7,8)35(3,4)5)28-17-18-31(39)30(22-28)38-45(6,41)42/h10-18,20,22,25,33,36,38-39H,9,19,21,23-24H2,1-8H3,(H,37,40)/t25-,33+/m1/s1. The normalized spacial score (nSPS) is 13.6. The number of benzene rings is 3. The number of carbonyl (C=O) groups excluding carboxylic acids is 1. The number of para-hydroxylation sites is 1. The molecule has 0 spiro atoms. The lowest BCUT2D eigenvalue weighted by molar-refractivity contribution is -0.120. The van der Waals surface area contributed by atoms with E-state index in [-0.39, 0.29) is 40.9 Å². The van der Waals surface area contributed by atoms with E-state index in [1.165, 1.54) is 6.07 Å². The van der Waals surface area contributed by atoms with Crippen LogP contribution < -0.4 is 20.1 Å². The molecule has 9 nitrogen and oxygen atoms in total. The van der Waals surface area contributed by atoms with Gasteiger partial charge in [-0.25, -0.2) is 8.42 Å². The van der Waals surface area contributed by atoms with Gasteiger partial charge in [-0.2, -0.15) is 0 Å². The van der Waals surface area contributed by atoms with Gasteiger partial charge < -0.3 is 24.9 Å². The summed E-state index contributed by atoms with van der Waals surface area (Å²) in [6.45, 7) is 16.4. The lowest BCUT2D eigenvalue weighted by Crippen LogP contribution is -2.44. The zero-order valence-electron chi connectivity index (χ0n) is 28.4. The van der Waals surface area contributed by atoms with E-state index in [9.17, 15) is 18.3 Å². The van der Waals surface area contributed by atoms with Crippen LogP contribution in [0.15, 0.2) is 66.7 Å². The summed E-state index contributed by atoms with van der Waals surface area (Å²) in [7, 11) is -5.80. The largest absolute Gasteiger partial charge is 0.506 e. The van der Waals surface area contributed by atoms with Crippen molar-refractivity contribution in [2.45, 2.75) is 84.3 Å². The molecule has 11 heteroatoms. The fourth-order valence-electron chi connectivity index (χ4n) is 4.78. The Morgan fingerprint density at radius 1 is 1.00 bits per heavy atom. The van der Waals surface area contributed by atoms with E-state index in [4.69, 9.17) is 9.16 Å². The maximum Gasteiger partial charge on any atom is 0.229 e. The molecule has 0 aliphatic heterocycles. The Morgan fingerprint density at radius 3 is 2.37 bits per heavy atom. The van der Waals surface area contributed by atoms with Gasteiger partial charge in [0.05, 0.1) is 31.1 Å². The lowest BCUT2D eigenvalue weighted by Gasteiger charge is -2.40. The maximum atomic E-state index is 12.8. The average molecular weight is 670 g/mol. The quantitative estimate of drug-likeness (QED) is 0.104. The van der Waals surface area contributed by atoms with Crippen LogP contribution >= 0.6 is 0 Å². The average Bonchev–Trinajstić information content (AvgIpc) is 2.95. The fourth-order valence-corrected chi connectivity index (χ4v) is 6.63. The van der Waals surface area contributed by atoms with Gasteiger partial charge in [-0.15, -0.1) is 0 Å². The van der Waals surface area contributed by atoms with Gasteiger partial charge in [0.1, 0.15) is 11.5 Å². The van der Waals surface area contributed by atoms with E-state index >= 15 is 0 Å². The van der Waals surface area contributed by atoms with Crippen molar-refractivity contribution in [1.82, 2.24) is 10.6 Å². The van der Waals surface area contributed by atoms with E-state index in [0.29, 0.717) is 19.7 Å². The molecule has 0 unspecified atom stereocenters. The van der Waals surface area contributed by atoms with E-state index in [0.717, 1.165) is 40.7 Å². The van der Waals surface area contributed by atoms with Gasteiger partial charge in [-0.1, -0.05) is 69.3 Å². The van der Waals surface area contributed by atoms with Crippen LogP contribution in [-0.2, 0) is 38.6 Å². The molecule has 4 N–H and O–H groups in total. The minimum absolute atomic E-state index is 0.0407. The molecule has 252 valence electrons. The summed E-state index contributed by atoms with van der Waals surface area (Å²) in [6.07, 6.45) is 1.70. The van der Waals surface area contributed by atoms with Crippen molar-refractivity contribution >= 4 is 29.9 Å². The van der Waals surface area contributed by atoms with Gasteiger partial charge in [0.25, 0.3) is 0 Å². The molecule has 0 saturated heterocycles. The van der Waals surface area contributed by atoms with Crippen LogP contribution in [0, 0.1) is 0 Å². The van der Waals surface area contributed by atoms with Gasteiger partial charge in [0.15, 0.2) is 8.32 Å². The molecule has 2 atom stereocenters. The van der Waals surface area contributed by atoms with Gasteiger partial charge in [-0.3, -0.25) is 9.52 Å². The molecule has 1 amide bonds.